The number of benzene rings is 2. The van der Waals surface area contributed by atoms with Crippen LogP contribution in [0, 0.1) is 10.1 Å². The molecule has 0 bridgehead atoms. The van der Waals surface area contributed by atoms with E-state index in [1.54, 1.807) is 36.1 Å². The number of hydrogen-bond donors (Lipinski definition) is 0. The van der Waals surface area contributed by atoms with Gasteiger partial charge in [-0.2, -0.15) is 14.6 Å². The number of ether oxygens (including phenoxy) is 2. The standard InChI is InChI=1S/C22H18N8O5S/c1-34-16-8-6-14(7-9-16)28-20-19(17(26-28)11-18(31)35-2)24-25-21-23-22(27-29(20)21)36-12-13-4-3-5-15(10-13)30(32)33/h3-10H,11-12H2,1-2H3. The minimum absolute atomic E-state index is 0.0187. The van der Waals surface area contributed by atoms with Crippen molar-refractivity contribution in [3.05, 3.63) is 69.9 Å². The lowest BCUT2D eigenvalue weighted by atomic mass is 10.2. The highest BCUT2D eigenvalue weighted by Crippen LogP contribution is 2.26. The zero-order chi connectivity index (χ0) is 25.2. The minimum Gasteiger partial charge on any atom is -0.497 e. The second kappa shape index (κ2) is 9.58. The zero-order valence-corrected chi connectivity index (χ0v) is 19.9. The summed E-state index contributed by atoms with van der Waals surface area (Å²) in [6.07, 6.45) is -0.0978. The van der Waals surface area contributed by atoms with Crippen LogP contribution in [0.1, 0.15) is 11.3 Å². The number of hydrogen-bond acceptors (Lipinski definition) is 11. The third-order valence-corrected chi connectivity index (χ3v) is 6.17. The lowest BCUT2D eigenvalue weighted by molar-refractivity contribution is -0.384. The maximum absolute atomic E-state index is 12.0. The Hall–Kier alpha value is -4.59. The van der Waals surface area contributed by atoms with E-state index in [1.165, 1.54) is 35.5 Å². The van der Waals surface area contributed by atoms with E-state index in [1.807, 2.05) is 12.1 Å². The molecule has 2 aromatic carbocycles. The number of esters is 1. The fourth-order valence-corrected chi connectivity index (χ4v) is 4.29. The highest BCUT2D eigenvalue weighted by Gasteiger charge is 2.22. The summed E-state index contributed by atoms with van der Waals surface area (Å²) in [5.74, 6) is 0.865. The Balaban J connectivity index is 1.56. The van der Waals surface area contributed by atoms with E-state index in [0.29, 0.717) is 39.2 Å². The number of nitro benzene ring substituents is 1. The molecule has 5 rings (SSSR count). The average Bonchev–Trinajstić information content (AvgIpc) is 3.48. The fourth-order valence-electron chi connectivity index (χ4n) is 3.52. The van der Waals surface area contributed by atoms with E-state index in [0.717, 1.165) is 5.56 Å². The Kier molecular flexibility index (Phi) is 6.16. The van der Waals surface area contributed by atoms with Crippen LogP contribution in [0.3, 0.4) is 0 Å². The van der Waals surface area contributed by atoms with E-state index in [4.69, 9.17) is 9.47 Å². The quantitative estimate of drug-likeness (QED) is 0.132. The van der Waals surface area contributed by atoms with Crippen molar-refractivity contribution in [2.45, 2.75) is 17.3 Å². The Bertz CT molecular complexity index is 1600. The van der Waals surface area contributed by atoms with Gasteiger partial charge in [0.25, 0.3) is 11.5 Å². The molecule has 0 fully saturated rings. The van der Waals surface area contributed by atoms with E-state index in [2.05, 4.69) is 25.4 Å². The summed E-state index contributed by atoms with van der Waals surface area (Å²) in [6, 6.07) is 13.6. The van der Waals surface area contributed by atoms with Crippen LogP contribution in [-0.2, 0) is 21.7 Å². The molecular formula is C22H18N8O5S. The van der Waals surface area contributed by atoms with Gasteiger partial charge < -0.3 is 9.47 Å². The first-order valence-electron chi connectivity index (χ1n) is 10.5. The monoisotopic (exact) mass is 506 g/mol. The summed E-state index contributed by atoms with van der Waals surface area (Å²) in [6.45, 7) is 0. The number of nitro groups is 1. The van der Waals surface area contributed by atoms with Crippen LogP contribution in [0.15, 0.2) is 53.7 Å². The number of rotatable bonds is 8. The third-order valence-electron chi connectivity index (χ3n) is 5.26. The van der Waals surface area contributed by atoms with Crippen molar-refractivity contribution >= 4 is 40.4 Å². The molecule has 14 heteroatoms. The van der Waals surface area contributed by atoms with Gasteiger partial charge in [-0.25, -0.2) is 4.68 Å². The fraction of sp³-hybridized carbons (Fsp3) is 0.182. The number of carbonyl (C=O) groups is 1. The first-order valence-corrected chi connectivity index (χ1v) is 11.5. The Labute approximate surface area is 207 Å². The first-order chi connectivity index (χ1) is 17.5. The molecule has 0 atom stereocenters. The van der Waals surface area contributed by atoms with Crippen molar-refractivity contribution in [3.63, 3.8) is 0 Å². The van der Waals surface area contributed by atoms with Gasteiger partial charge in [0.1, 0.15) is 11.4 Å². The summed E-state index contributed by atoms with van der Waals surface area (Å²) < 4.78 is 13.2. The lowest BCUT2D eigenvalue weighted by Gasteiger charge is -2.05. The number of nitrogens with zero attached hydrogens (tertiary/aromatic N) is 8. The summed E-state index contributed by atoms with van der Waals surface area (Å²) in [5, 5.41) is 29.1. The van der Waals surface area contributed by atoms with Crippen LogP contribution in [0.4, 0.5) is 5.69 Å². The topological polar surface area (TPSA) is 152 Å². The molecule has 182 valence electrons. The SMILES string of the molecule is COC(=O)Cc1nn(-c2ccc(OC)cc2)c2c1nnc1nc(SCc3cccc([N+](=O)[O-])c3)nn12. The van der Waals surface area contributed by atoms with Crippen LogP contribution >= 0.6 is 11.8 Å². The van der Waals surface area contributed by atoms with Crippen molar-refractivity contribution in [1.29, 1.82) is 0 Å². The molecule has 0 radical (unpaired) electrons. The van der Waals surface area contributed by atoms with Crippen molar-refractivity contribution in [2.24, 2.45) is 0 Å². The molecule has 5 aromatic rings. The second-order valence-corrected chi connectivity index (χ2v) is 8.45. The number of thioether (sulfide) groups is 1. The third kappa shape index (κ3) is 4.40. The number of non-ortho nitro benzene ring substituents is 1. The van der Waals surface area contributed by atoms with Crippen molar-refractivity contribution in [1.82, 2.24) is 34.6 Å². The van der Waals surface area contributed by atoms with Gasteiger partial charge in [-0.3, -0.25) is 14.9 Å². The summed E-state index contributed by atoms with van der Waals surface area (Å²) in [5.41, 5.74) is 2.69. The largest absolute Gasteiger partial charge is 0.497 e. The normalized spacial score (nSPS) is 11.2. The molecule has 13 nitrogen and oxygen atoms in total. The Morgan fingerprint density at radius 1 is 1.11 bits per heavy atom. The highest BCUT2D eigenvalue weighted by atomic mass is 32.2. The molecular weight excluding hydrogens is 488 g/mol. The lowest BCUT2D eigenvalue weighted by Crippen LogP contribution is -2.06. The van der Waals surface area contributed by atoms with Crippen LogP contribution in [0.5, 0.6) is 5.75 Å². The number of methoxy groups -OCH3 is 2. The van der Waals surface area contributed by atoms with Gasteiger partial charge in [0.2, 0.25) is 5.16 Å². The van der Waals surface area contributed by atoms with Gasteiger partial charge in [0.15, 0.2) is 11.2 Å². The van der Waals surface area contributed by atoms with E-state index < -0.39 is 10.9 Å². The smallest absolute Gasteiger partial charge is 0.311 e. The molecule has 0 aliphatic carbocycles. The molecule has 3 aromatic heterocycles. The predicted octanol–water partition coefficient (Wildman–Crippen LogP) is 2.78. The minimum atomic E-state index is -0.468. The van der Waals surface area contributed by atoms with E-state index >= 15 is 0 Å². The molecule has 0 spiro atoms. The Morgan fingerprint density at radius 3 is 2.64 bits per heavy atom. The molecule has 3 heterocycles. The van der Waals surface area contributed by atoms with Crippen molar-refractivity contribution in [2.75, 3.05) is 14.2 Å². The maximum Gasteiger partial charge on any atom is 0.311 e. The van der Waals surface area contributed by atoms with E-state index in [9.17, 15) is 14.9 Å². The summed E-state index contributed by atoms with van der Waals surface area (Å²) >= 11 is 1.30. The van der Waals surface area contributed by atoms with Crippen molar-refractivity contribution in [3.8, 4) is 11.4 Å². The van der Waals surface area contributed by atoms with Crippen LogP contribution in [0.2, 0.25) is 0 Å². The first kappa shape index (κ1) is 23.2. The molecule has 36 heavy (non-hydrogen) atoms. The van der Waals surface area contributed by atoms with Gasteiger partial charge in [-0.1, -0.05) is 23.9 Å². The van der Waals surface area contributed by atoms with Gasteiger partial charge in [-0.05, 0) is 29.8 Å². The van der Waals surface area contributed by atoms with E-state index in [-0.39, 0.29) is 17.9 Å². The zero-order valence-electron chi connectivity index (χ0n) is 19.1. The van der Waals surface area contributed by atoms with Gasteiger partial charge in [0, 0.05) is 17.9 Å². The average molecular weight is 507 g/mol. The van der Waals surface area contributed by atoms with Crippen LogP contribution in [0.25, 0.3) is 22.6 Å². The number of fused-ring (bicyclic) bond motifs is 3. The van der Waals surface area contributed by atoms with Crippen LogP contribution < -0.4 is 4.74 Å². The highest BCUT2D eigenvalue weighted by molar-refractivity contribution is 7.98. The summed E-state index contributed by atoms with van der Waals surface area (Å²) in [4.78, 5) is 27.0. The molecule has 0 aliphatic rings. The molecule has 0 saturated heterocycles. The number of aromatic nitrogens is 7. The number of carbonyl (C=O) groups excluding carboxylic acids is 1. The van der Waals surface area contributed by atoms with Gasteiger partial charge in [0.05, 0.1) is 31.3 Å². The molecule has 0 aliphatic heterocycles. The maximum atomic E-state index is 12.0. The van der Waals surface area contributed by atoms with Crippen molar-refractivity contribution < 1.29 is 19.2 Å². The van der Waals surface area contributed by atoms with Crippen LogP contribution in [-0.4, -0.2) is 59.7 Å². The molecule has 0 unspecified atom stereocenters. The summed E-state index contributed by atoms with van der Waals surface area (Å²) in [7, 11) is 2.88. The second-order valence-electron chi connectivity index (χ2n) is 7.50. The molecule has 0 N–H and O–H groups in total. The van der Waals surface area contributed by atoms with Gasteiger partial charge in [-0.15, -0.1) is 15.3 Å². The van der Waals surface area contributed by atoms with Gasteiger partial charge >= 0.3 is 5.97 Å². The Morgan fingerprint density at radius 2 is 1.92 bits per heavy atom. The molecule has 0 amide bonds. The predicted molar refractivity (Wildman–Crippen MR) is 128 cm³/mol. The molecule has 0 saturated carbocycles.